The van der Waals surface area contributed by atoms with Gasteiger partial charge in [0.05, 0.1) is 27.8 Å². The average Bonchev–Trinajstić information content (AvgIpc) is 3.55. The molecule has 0 fully saturated rings. The first-order chi connectivity index (χ1) is 20.2. The van der Waals surface area contributed by atoms with Gasteiger partial charge in [0.25, 0.3) is 0 Å². The zero-order valence-electron chi connectivity index (χ0n) is 22.4. The first-order valence-corrected chi connectivity index (χ1v) is 13.7. The minimum atomic E-state index is 0.949. The predicted molar refractivity (Wildman–Crippen MR) is 167 cm³/mol. The van der Waals surface area contributed by atoms with Crippen molar-refractivity contribution in [3.8, 4) is 39.5 Å². The monoisotopic (exact) mass is 527 g/mol. The summed E-state index contributed by atoms with van der Waals surface area (Å²) in [5.41, 5.74) is 10.9. The molecule has 8 rings (SSSR count). The van der Waals surface area contributed by atoms with Crippen molar-refractivity contribution in [2.75, 3.05) is 0 Å². The molecule has 0 spiro atoms. The van der Waals surface area contributed by atoms with Gasteiger partial charge in [-0.2, -0.15) is 0 Å². The third-order valence-electron chi connectivity index (χ3n) is 7.89. The number of hydrogen-bond donors (Lipinski definition) is 0. The Bertz CT molecular complexity index is 2210. The SMILES string of the molecule is Cn1c(-c2ccc3c4ccc(-c5ccncc5)cc4n(-c4cccc(-c5ccccn5)c4)c3c2)nc2ccccc21. The van der Waals surface area contributed by atoms with Crippen molar-refractivity contribution < 1.29 is 0 Å². The number of hydrogen-bond acceptors (Lipinski definition) is 3. The molecule has 194 valence electrons. The topological polar surface area (TPSA) is 48.5 Å². The van der Waals surface area contributed by atoms with Crippen LogP contribution in [-0.4, -0.2) is 24.1 Å². The molecule has 0 radical (unpaired) electrons. The summed E-state index contributed by atoms with van der Waals surface area (Å²) < 4.78 is 4.54. The molecule has 4 aromatic carbocycles. The first-order valence-electron chi connectivity index (χ1n) is 13.7. The van der Waals surface area contributed by atoms with Gasteiger partial charge in [-0.05, 0) is 71.8 Å². The lowest BCUT2D eigenvalue weighted by atomic mass is 10.0. The Kier molecular flexibility index (Phi) is 5.28. The van der Waals surface area contributed by atoms with Crippen LogP contribution in [0.15, 0.2) is 134 Å². The highest BCUT2D eigenvalue weighted by atomic mass is 15.1. The van der Waals surface area contributed by atoms with Gasteiger partial charge in [-0.1, -0.05) is 54.6 Å². The highest BCUT2D eigenvalue weighted by Gasteiger charge is 2.17. The van der Waals surface area contributed by atoms with Crippen LogP contribution in [0, 0.1) is 0 Å². The fourth-order valence-electron chi connectivity index (χ4n) is 5.90. The summed E-state index contributed by atoms with van der Waals surface area (Å²) in [7, 11) is 2.09. The molecule has 0 atom stereocenters. The molecule has 41 heavy (non-hydrogen) atoms. The van der Waals surface area contributed by atoms with E-state index < -0.39 is 0 Å². The molecule has 0 N–H and O–H groups in total. The molecule has 0 amide bonds. The molecule has 0 saturated carbocycles. The van der Waals surface area contributed by atoms with E-state index in [1.807, 2.05) is 36.8 Å². The molecule has 0 bridgehead atoms. The van der Waals surface area contributed by atoms with Crippen molar-refractivity contribution in [3.63, 3.8) is 0 Å². The number of aryl methyl sites for hydroxylation is 1. The Morgan fingerprint density at radius 1 is 0.537 bits per heavy atom. The largest absolute Gasteiger partial charge is 0.327 e. The number of para-hydroxylation sites is 2. The average molecular weight is 528 g/mol. The summed E-state index contributed by atoms with van der Waals surface area (Å²) >= 11 is 0. The maximum absolute atomic E-state index is 4.99. The van der Waals surface area contributed by atoms with Gasteiger partial charge in [0.2, 0.25) is 0 Å². The van der Waals surface area contributed by atoms with Crippen LogP contribution < -0.4 is 0 Å². The molecule has 4 heterocycles. The van der Waals surface area contributed by atoms with Crippen LogP contribution in [-0.2, 0) is 7.05 Å². The summed E-state index contributed by atoms with van der Waals surface area (Å²) in [6, 6.07) is 40.5. The zero-order valence-corrected chi connectivity index (χ0v) is 22.4. The van der Waals surface area contributed by atoms with Gasteiger partial charge in [-0.25, -0.2) is 4.98 Å². The molecular weight excluding hydrogens is 502 g/mol. The van der Waals surface area contributed by atoms with Crippen LogP contribution in [0.3, 0.4) is 0 Å². The van der Waals surface area contributed by atoms with Crippen molar-refractivity contribution in [1.29, 1.82) is 0 Å². The van der Waals surface area contributed by atoms with Gasteiger partial charge in [-0.3, -0.25) is 9.97 Å². The van der Waals surface area contributed by atoms with Gasteiger partial charge in [0.1, 0.15) is 5.82 Å². The molecule has 0 aliphatic carbocycles. The Hall–Kier alpha value is -5.55. The van der Waals surface area contributed by atoms with E-state index >= 15 is 0 Å². The van der Waals surface area contributed by atoms with Crippen LogP contribution >= 0.6 is 0 Å². The van der Waals surface area contributed by atoms with Crippen LogP contribution in [0.5, 0.6) is 0 Å². The third kappa shape index (κ3) is 3.82. The van der Waals surface area contributed by atoms with Crippen molar-refractivity contribution in [3.05, 3.63) is 134 Å². The quantitative estimate of drug-likeness (QED) is 0.231. The third-order valence-corrected chi connectivity index (χ3v) is 7.89. The Morgan fingerprint density at radius 3 is 2.07 bits per heavy atom. The second-order valence-corrected chi connectivity index (χ2v) is 10.3. The molecule has 0 saturated heterocycles. The Labute approximate surface area is 237 Å². The second-order valence-electron chi connectivity index (χ2n) is 10.3. The van der Waals surface area contributed by atoms with Crippen LogP contribution in [0.25, 0.3) is 72.3 Å². The van der Waals surface area contributed by atoms with Crippen molar-refractivity contribution in [1.82, 2.24) is 24.1 Å². The second kappa shape index (κ2) is 9.28. The lowest BCUT2D eigenvalue weighted by Gasteiger charge is -2.11. The number of fused-ring (bicyclic) bond motifs is 4. The summed E-state index contributed by atoms with van der Waals surface area (Å²) in [4.78, 5) is 13.8. The normalized spacial score (nSPS) is 11.5. The van der Waals surface area contributed by atoms with E-state index in [0.717, 1.165) is 61.5 Å². The molecule has 0 unspecified atom stereocenters. The van der Waals surface area contributed by atoms with E-state index in [9.17, 15) is 0 Å². The maximum atomic E-state index is 4.99. The van der Waals surface area contributed by atoms with Gasteiger partial charge < -0.3 is 9.13 Å². The maximum Gasteiger partial charge on any atom is 0.140 e. The summed E-state index contributed by atoms with van der Waals surface area (Å²) in [6.45, 7) is 0. The number of pyridine rings is 2. The molecule has 0 aliphatic rings. The van der Waals surface area contributed by atoms with E-state index in [4.69, 9.17) is 4.98 Å². The van der Waals surface area contributed by atoms with Crippen LogP contribution in [0.1, 0.15) is 0 Å². The standard InChI is InChI=1S/C36H25N5/c1-40-33-11-3-2-10-32(33)39-36(40)27-13-15-30-29-14-12-25(24-16-19-37-20-17-24)22-34(29)41(35(30)23-27)28-8-6-7-26(21-28)31-9-4-5-18-38-31/h2-23H,1H3. The number of rotatable bonds is 4. The fraction of sp³-hybridized carbons (Fsp3) is 0.0278. The summed E-state index contributed by atoms with van der Waals surface area (Å²) in [5.74, 6) is 0.949. The highest BCUT2D eigenvalue weighted by Crippen LogP contribution is 2.37. The molecular formula is C36H25N5. The van der Waals surface area contributed by atoms with Gasteiger partial charge >= 0.3 is 0 Å². The lowest BCUT2D eigenvalue weighted by Crippen LogP contribution is -1.96. The molecule has 5 nitrogen and oxygen atoms in total. The zero-order chi connectivity index (χ0) is 27.3. The van der Waals surface area contributed by atoms with Gasteiger partial charge in [0, 0.05) is 53.2 Å². The van der Waals surface area contributed by atoms with E-state index in [2.05, 4.69) is 123 Å². The summed E-state index contributed by atoms with van der Waals surface area (Å²) in [5, 5.41) is 2.41. The predicted octanol–water partition coefficient (Wildman–Crippen LogP) is 8.46. The number of imidazole rings is 1. The first kappa shape index (κ1) is 23.3. The molecule has 4 aromatic heterocycles. The van der Waals surface area contributed by atoms with Crippen LogP contribution in [0.4, 0.5) is 0 Å². The van der Waals surface area contributed by atoms with E-state index in [-0.39, 0.29) is 0 Å². The summed E-state index contributed by atoms with van der Waals surface area (Å²) in [6.07, 6.45) is 5.52. The van der Waals surface area contributed by atoms with E-state index in [1.54, 1.807) is 0 Å². The smallest absolute Gasteiger partial charge is 0.140 e. The number of aromatic nitrogens is 5. The molecule has 0 aliphatic heterocycles. The van der Waals surface area contributed by atoms with E-state index in [0.29, 0.717) is 0 Å². The fourth-order valence-corrected chi connectivity index (χ4v) is 5.90. The minimum absolute atomic E-state index is 0.949. The van der Waals surface area contributed by atoms with E-state index in [1.165, 1.54) is 10.8 Å². The number of benzene rings is 4. The molecule has 8 aromatic rings. The van der Waals surface area contributed by atoms with Crippen molar-refractivity contribution in [2.24, 2.45) is 7.05 Å². The lowest BCUT2D eigenvalue weighted by molar-refractivity contribution is 0.959. The van der Waals surface area contributed by atoms with Crippen LogP contribution in [0.2, 0.25) is 0 Å². The number of nitrogens with zero attached hydrogens (tertiary/aromatic N) is 5. The highest BCUT2D eigenvalue weighted by molar-refractivity contribution is 6.11. The van der Waals surface area contributed by atoms with Crippen molar-refractivity contribution in [2.45, 2.75) is 0 Å². The minimum Gasteiger partial charge on any atom is -0.327 e. The van der Waals surface area contributed by atoms with Gasteiger partial charge in [0.15, 0.2) is 0 Å². The molecule has 5 heteroatoms. The van der Waals surface area contributed by atoms with Gasteiger partial charge in [-0.15, -0.1) is 0 Å². The Morgan fingerprint density at radius 2 is 1.29 bits per heavy atom. The van der Waals surface area contributed by atoms with Crippen molar-refractivity contribution >= 4 is 32.8 Å². The Balaban J connectivity index is 1.41.